The quantitative estimate of drug-likeness (QED) is 0.248. The lowest BCUT2D eigenvalue weighted by atomic mass is 10.0. The first-order valence-corrected chi connectivity index (χ1v) is 15.9. The summed E-state index contributed by atoms with van der Waals surface area (Å²) in [5.74, 6) is 0.0701. The number of fused-ring (bicyclic) bond motifs is 2. The van der Waals surface area contributed by atoms with Crippen LogP contribution in [0.2, 0.25) is 0 Å². The number of hydrogen-bond donors (Lipinski definition) is 4. The highest BCUT2D eigenvalue weighted by atomic mass is 16.2. The van der Waals surface area contributed by atoms with Gasteiger partial charge in [-0.2, -0.15) is 0 Å². The maximum atomic E-state index is 13.0. The molecule has 5 rings (SSSR count). The maximum absolute atomic E-state index is 13.0. The van der Waals surface area contributed by atoms with E-state index in [0.717, 1.165) is 63.5 Å². The summed E-state index contributed by atoms with van der Waals surface area (Å²) in [6.45, 7) is 11.1. The van der Waals surface area contributed by atoms with Crippen molar-refractivity contribution in [2.24, 2.45) is 0 Å². The first-order chi connectivity index (χ1) is 21.4. The van der Waals surface area contributed by atoms with Gasteiger partial charge >= 0.3 is 0 Å². The summed E-state index contributed by atoms with van der Waals surface area (Å²) in [5.41, 5.74) is 2.21. The van der Waals surface area contributed by atoms with Crippen LogP contribution in [0.5, 0.6) is 0 Å². The van der Waals surface area contributed by atoms with E-state index in [2.05, 4.69) is 91.7 Å². The number of nitrogens with zero attached hydrogens (tertiary/aromatic N) is 2. The van der Waals surface area contributed by atoms with E-state index in [-0.39, 0.29) is 23.9 Å². The topological polar surface area (TPSA) is 88.7 Å². The van der Waals surface area contributed by atoms with Crippen molar-refractivity contribution in [2.75, 3.05) is 65.4 Å². The summed E-state index contributed by atoms with van der Waals surface area (Å²) in [6.07, 6.45) is 0. The minimum Gasteiger partial charge on any atom is -0.348 e. The van der Waals surface area contributed by atoms with Crippen LogP contribution in [0.1, 0.15) is 37.1 Å². The Morgan fingerprint density at radius 2 is 0.955 bits per heavy atom. The number of nitrogens with one attached hydrogen (secondary N) is 4. The molecule has 1 aliphatic rings. The Morgan fingerprint density at radius 1 is 0.591 bits per heavy atom. The molecular weight excluding hydrogens is 548 g/mol. The molecule has 4 aromatic carbocycles. The van der Waals surface area contributed by atoms with Gasteiger partial charge in [0.25, 0.3) is 0 Å². The summed E-state index contributed by atoms with van der Waals surface area (Å²) in [6, 6.07) is 29.2. The summed E-state index contributed by atoms with van der Waals surface area (Å²) >= 11 is 0. The van der Waals surface area contributed by atoms with E-state index >= 15 is 0 Å². The van der Waals surface area contributed by atoms with Crippen molar-refractivity contribution in [1.82, 2.24) is 31.1 Å². The predicted octanol–water partition coefficient (Wildman–Crippen LogP) is 3.84. The van der Waals surface area contributed by atoms with E-state index in [1.807, 2.05) is 38.1 Å². The van der Waals surface area contributed by atoms with Crippen LogP contribution in [-0.4, -0.2) is 87.1 Å². The van der Waals surface area contributed by atoms with Gasteiger partial charge < -0.3 is 21.3 Å². The largest absolute Gasteiger partial charge is 0.348 e. The number of amides is 2. The van der Waals surface area contributed by atoms with Crippen molar-refractivity contribution in [3.05, 3.63) is 96.1 Å². The molecule has 8 heteroatoms. The summed E-state index contributed by atoms with van der Waals surface area (Å²) < 4.78 is 0. The SMILES string of the molecule is C[C@H](NC(=O)CN1CCNCCN(CC(=O)N[C@@H](C)c2ccc3ccccc3c2)CCNCC1)c1ccc2ccccc2c1. The van der Waals surface area contributed by atoms with Crippen LogP contribution in [0.4, 0.5) is 0 Å². The molecule has 2 amide bonds. The number of rotatable bonds is 8. The van der Waals surface area contributed by atoms with E-state index < -0.39 is 0 Å². The van der Waals surface area contributed by atoms with Gasteiger partial charge in [-0.15, -0.1) is 0 Å². The average molecular weight is 595 g/mol. The van der Waals surface area contributed by atoms with Crippen molar-refractivity contribution < 1.29 is 9.59 Å². The molecule has 4 N–H and O–H groups in total. The zero-order valence-corrected chi connectivity index (χ0v) is 26.0. The van der Waals surface area contributed by atoms with E-state index in [1.54, 1.807) is 0 Å². The van der Waals surface area contributed by atoms with Gasteiger partial charge in [0, 0.05) is 52.4 Å². The van der Waals surface area contributed by atoms with Crippen molar-refractivity contribution in [2.45, 2.75) is 25.9 Å². The molecule has 0 radical (unpaired) electrons. The number of carbonyl (C=O) groups is 2. The normalized spacial score (nSPS) is 17.3. The number of carbonyl (C=O) groups excluding carboxylic acids is 2. The molecule has 44 heavy (non-hydrogen) atoms. The Balaban J connectivity index is 1.05. The zero-order valence-electron chi connectivity index (χ0n) is 26.0. The minimum absolute atomic E-state index is 0.0351. The van der Waals surface area contributed by atoms with Crippen LogP contribution in [0.25, 0.3) is 21.5 Å². The highest BCUT2D eigenvalue weighted by Gasteiger charge is 2.17. The van der Waals surface area contributed by atoms with Gasteiger partial charge in [-0.25, -0.2) is 0 Å². The third-order valence-electron chi connectivity index (χ3n) is 8.46. The summed E-state index contributed by atoms with van der Waals surface area (Å²) in [4.78, 5) is 30.3. The fourth-order valence-corrected chi connectivity index (χ4v) is 5.84. The molecule has 0 aromatic heterocycles. The first-order valence-electron chi connectivity index (χ1n) is 15.9. The molecule has 0 unspecified atom stereocenters. The van der Waals surface area contributed by atoms with E-state index in [9.17, 15) is 9.59 Å². The average Bonchev–Trinajstić information content (AvgIpc) is 3.02. The zero-order chi connectivity index (χ0) is 30.7. The fraction of sp³-hybridized carbons (Fsp3) is 0.389. The first kappa shape index (κ1) is 31.6. The number of benzene rings is 4. The van der Waals surface area contributed by atoms with E-state index in [1.165, 1.54) is 21.5 Å². The summed E-state index contributed by atoms with van der Waals surface area (Å²) in [5, 5.41) is 18.2. The molecule has 8 nitrogen and oxygen atoms in total. The van der Waals surface area contributed by atoms with Gasteiger partial charge in [0.05, 0.1) is 25.2 Å². The fourth-order valence-electron chi connectivity index (χ4n) is 5.84. The van der Waals surface area contributed by atoms with Gasteiger partial charge in [-0.05, 0) is 58.7 Å². The molecule has 232 valence electrons. The maximum Gasteiger partial charge on any atom is 0.234 e. The van der Waals surface area contributed by atoms with E-state index in [0.29, 0.717) is 13.1 Å². The highest BCUT2D eigenvalue weighted by Crippen LogP contribution is 2.21. The lowest BCUT2D eigenvalue weighted by molar-refractivity contribution is -0.123. The van der Waals surface area contributed by atoms with Crippen LogP contribution in [0.15, 0.2) is 84.9 Å². The lowest BCUT2D eigenvalue weighted by Gasteiger charge is -2.27. The second-order valence-electron chi connectivity index (χ2n) is 11.8. The molecule has 0 aliphatic carbocycles. The van der Waals surface area contributed by atoms with Gasteiger partial charge in [0.1, 0.15) is 0 Å². The molecule has 0 spiro atoms. The smallest absolute Gasteiger partial charge is 0.234 e. The second-order valence-corrected chi connectivity index (χ2v) is 11.8. The lowest BCUT2D eigenvalue weighted by Crippen LogP contribution is -2.47. The molecule has 1 fully saturated rings. The predicted molar refractivity (Wildman–Crippen MR) is 180 cm³/mol. The number of hydrogen-bond acceptors (Lipinski definition) is 6. The molecule has 1 saturated heterocycles. The van der Waals surface area contributed by atoms with Crippen molar-refractivity contribution in [3.8, 4) is 0 Å². The Hall–Kier alpha value is -3.82. The van der Waals surface area contributed by atoms with E-state index in [4.69, 9.17) is 0 Å². The Morgan fingerprint density at radius 3 is 1.34 bits per heavy atom. The molecular formula is C36H46N6O2. The monoisotopic (exact) mass is 594 g/mol. The third-order valence-corrected chi connectivity index (χ3v) is 8.46. The molecule has 1 aliphatic heterocycles. The van der Waals surface area contributed by atoms with Crippen molar-refractivity contribution in [1.29, 1.82) is 0 Å². The molecule has 2 atom stereocenters. The Labute approximate surface area is 261 Å². The third kappa shape index (κ3) is 9.09. The molecule has 0 bridgehead atoms. The second kappa shape index (κ2) is 15.8. The Bertz CT molecular complexity index is 1410. The van der Waals surface area contributed by atoms with Crippen LogP contribution >= 0.6 is 0 Å². The van der Waals surface area contributed by atoms with Crippen LogP contribution in [-0.2, 0) is 9.59 Å². The van der Waals surface area contributed by atoms with Crippen LogP contribution in [0, 0.1) is 0 Å². The molecule has 4 aromatic rings. The molecule has 0 saturated carbocycles. The van der Waals surface area contributed by atoms with Crippen LogP contribution in [0.3, 0.4) is 0 Å². The van der Waals surface area contributed by atoms with Crippen molar-refractivity contribution in [3.63, 3.8) is 0 Å². The molecule has 1 heterocycles. The highest BCUT2D eigenvalue weighted by molar-refractivity contribution is 5.84. The van der Waals surface area contributed by atoms with Crippen molar-refractivity contribution >= 4 is 33.4 Å². The minimum atomic E-state index is -0.0606. The van der Waals surface area contributed by atoms with Gasteiger partial charge in [-0.3, -0.25) is 19.4 Å². The van der Waals surface area contributed by atoms with Gasteiger partial charge in [0.15, 0.2) is 0 Å². The van der Waals surface area contributed by atoms with Gasteiger partial charge in [0.2, 0.25) is 11.8 Å². The summed E-state index contributed by atoms with van der Waals surface area (Å²) in [7, 11) is 0. The van der Waals surface area contributed by atoms with Crippen LogP contribution < -0.4 is 21.3 Å². The standard InChI is InChI=1S/C36H46N6O2/c1-27(31-13-11-29-7-3-5-9-33(29)23-31)39-35(43)25-41-19-15-37-17-21-42(22-18-38-16-20-41)26-36(44)40-28(2)32-14-12-30-8-4-6-10-34(30)24-32/h3-14,23-24,27-28,37-38H,15-22,25-26H2,1-2H3,(H,39,43)(H,40,44)/t27-,28-/m0/s1. The van der Waals surface area contributed by atoms with Gasteiger partial charge in [-0.1, -0.05) is 72.8 Å². The Kier molecular flexibility index (Phi) is 11.3.